The third kappa shape index (κ3) is 6.57. The van der Waals surface area contributed by atoms with Gasteiger partial charge in [0, 0.05) is 44.0 Å². The first-order valence-corrected chi connectivity index (χ1v) is 13.5. The van der Waals surface area contributed by atoms with Gasteiger partial charge in [0.15, 0.2) is 0 Å². The van der Waals surface area contributed by atoms with Crippen molar-refractivity contribution >= 4 is 23.3 Å². The molecule has 2 fully saturated rings. The summed E-state index contributed by atoms with van der Waals surface area (Å²) in [6.07, 6.45) is 4.23. The normalized spacial score (nSPS) is 20.5. The van der Waals surface area contributed by atoms with Crippen LogP contribution in [0.4, 0.5) is 11.5 Å². The first kappa shape index (κ1) is 26.9. The summed E-state index contributed by atoms with van der Waals surface area (Å²) in [5.41, 5.74) is 2.43. The highest BCUT2D eigenvalue weighted by atomic mass is 16.5. The molecule has 2 aromatic rings. The van der Waals surface area contributed by atoms with Crippen LogP contribution >= 0.6 is 0 Å². The lowest BCUT2D eigenvalue weighted by molar-refractivity contribution is -0.121. The fraction of sp³-hybridized carbons (Fsp3) is 0.571. The summed E-state index contributed by atoms with van der Waals surface area (Å²) in [7, 11) is 1.68. The van der Waals surface area contributed by atoms with E-state index in [1.54, 1.807) is 7.05 Å². The lowest BCUT2D eigenvalue weighted by atomic mass is 9.99. The number of aryl methyl sites for hydroxylation is 1. The number of ether oxygens (including phenoxy) is 1. The molecule has 2 amide bonds. The van der Waals surface area contributed by atoms with Crippen LogP contribution in [0.25, 0.3) is 0 Å². The molecule has 2 aliphatic rings. The topological polar surface area (TPSA) is 99.7 Å². The molecule has 0 spiro atoms. The Morgan fingerprint density at radius 3 is 2.57 bits per heavy atom. The molecule has 9 heteroatoms. The highest BCUT2D eigenvalue weighted by Crippen LogP contribution is 2.32. The molecule has 3 atom stereocenters. The number of rotatable bonds is 9. The minimum atomic E-state index is -0.316. The van der Waals surface area contributed by atoms with Gasteiger partial charge < -0.3 is 25.2 Å². The molecule has 2 N–H and O–H groups in total. The Hall–Kier alpha value is -3.20. The third-order valence-electron chi connectivity index (χ3n) is 7.34. The Morgan fingerprint density at radius 1 is 1.16 bits per heavy atom. The van der Waals surface area contributed by atoms with Crippen molar-refractivity contribution in [3.8, 4) is 0 Å². The van der Waals surface area contributed by atoms with Crippen LogP contribution in [0.2, 0.25) is 0 Å². The van der Waals surface area contributed by atoms with E-state index in [0.29, 0.717) is 17.3 Å². The zero-order chi connectivity index (χ0) is 26.4. The fourth-order valence-corrected chi connectivity index (χ4v) is 5.24. The molecule has 0 aliphatic carbocycles. The van der Waals surface area contributed by atoms with Gasteiger partial charge in [-0.15, -0.1) is 0 Å². The predicted octanol–water partition coefficient (Wildman–Crippen LogP) is 3.24. The third-order valence-corrected chi connectivity index (χ3v) is 7.34. The van der Waals surface area contributed by atoms with Crippen LogP contribution in [0.5, 0.6) is 0 Å². The quantitative estimate of drug-likeness (QED) is 0.536. The summed E-state index contributed by atoms with van der Waals surface area (Å²) >= 11 is 0. The van der Waals surface area contributed by atoms with E-state index in [1.165, 1.54) is 0 Å². The summed E-state index contributed by atoms with van der Waals surface area (Å²) in [6.45, 7) is 9.93. The Kier molecular flexibility index (Phi) is 8.97. The van der Waals surface area contributed by atoms with Gasteiger partial charge in [-0.25, -0.2) is 9.97 Å². The highest BCUT2D eigenvalue weighted by molar-refractivity contribution is 5.94. The molecule has 0 unspecified atom stereocenters. The van der Waals surface area contributed by atoms with Crippen molar-refractivity contribution in [3.05, 3.63) is 47.4 Å². The molecule has 0 radical (unpaired) electrons. The Labute approximate surface area is 220 Å². The average Bonchev–Trinajstić information content (AvgIpc) is 3.36. The molecule has 1 aromatic heterocycles. The minimum Gasteiger partial charge on any atom is -0.378 e. The van der Waals surface area contributed by atoms with E-state index < -0.39 is 0 Å². The number of likely N-dealkylation sites (N-methyl/N-ethyl adjacent to an activating group) is 1. The number of hydrogen-bond acceptors (Lipinski definition) is 7. The van der Waals surface area contributed by atoms with Gasteiger partial charge in [-0.2, -0.15) is 0 Å². The summed E-state index contributed by atoms with van der Waals surface area (Å²) in [6, 6.07) is 9.04. The number of amides is 2. The van der Waals surface area contributed by atoms with E-state index >= 15 is 0 Å². The maximum atomic E-state index is 13.0. The molecule has 3 heterocycles. The Morgan fingerprint density at radius 2 is 1.89 bits per heavy atom. The van der Waals surface area contributed by atoms with Crippen LogP contribution in [0.15, 0.2) is 30.3 Å². The van der Waals surface area contributed by atoms with E-state index in [4.69, 9.17) is 4.74 Å². The molecule has 37 heavy (non-hydrogen) atoms. The van der Waals surface area contributed by atoms with Gasteiger partial charge in [0.05, 0.1) is 24.9 Å². The van der Waals surface area contributed by atoms with Crippen molar-refractivity contribution in [2.75, 3.05) is 49.7 Å². The van der Waals surface area contributed by atoms with E-state index in [-0.39, 0.29) is 23.9 Å². The van der Waals surface area contributed by atoms with Crippen LogP contribution in [-0.4, -0.2) is 67.7 Å². The smallest absolute Gasteiger partial charge is 0.251 e. The Bertz CT molecular complexity index is 1070. The molecule has 1 aromatic carbocycles. The molecule has 0 saturated carbocycles. The number of aromatic nitrogens is 2. The largest absolute Gasteiger partial charge is 0.378 e. The number of nitrogens with zero attached hydrogens (tertiary/aromatic N) is 4. The fourth-order valence-electron chi connectivity index (χ4n) is 5.24. The van der Waals surface area contributed by atoms with Gasteiger partial charge in [0.1, 0.15) is 17.7 Å². The molecule has 2 saturated heterocycles. The number of nitrogens with one attached hydrogen (secondary N) is 2. The van der Waals surface area contributed by atoms with E-state index in [9.17, 15) is 9.59 Å². The lowest BCUT2D eigenvalue weighted by Crippen LogP contribution is -2.42. The second kappa shape index (κ2) is 12.4. The first-order valence-electron chi connectivity index (χ1n) is 13.5. The molecule has 0 bridgehead atoms. The SMILES string of the molecule is CCCC[C@H]1C[C@@H](C(=O)NC)N(c2cc([C@H](C)NC(=O)c3ccc(N4CCOCC4)cc3)nc(C)n2)C1. The molecule has 4 rings (SSSR count). The number of benzene rings is 1. The summed E-state index contributed by atoms with van der Waals surface area (Å²) in [5.74, 6) is 1.68. The summed E-state index contributed by atoms with van der Waals surface area (Å²) < 4.78 is 5.42. The van der Waals surface area contributed by atoms with Crippen molar-refractivity contribution in [3.63, 3.8) is 0 Å². The van der Waals surface area contributed by atoms with Crippen molar-refractivity contribution in [1.82, 2.24) is 20.6 Å². The van der Waals surface area contributed by atoms with Crippen molar-refractivity contribution in [1.29, 1.82) is 0 Å². The van der Waals surface area contributed by atoms with Gasteiger partial charge in [-0.3, -0.25) is 9.59 Å². The highest BCUT2D eigenvalue weighted by Gasteiger charge is 2.37. The Balaban J connectivity index is 1.46. The monoisotopic (exact) mass is 508 g/mol. The number of unbranched alkanes of at least 4 members (excludes halogenated alkanes) is 1. The van der Waals surface area contributed by atoms with Gasteiger partial charge >= 0.3 is 0 Å². The zero-order valence-corrected chi connectivity index (χ0v) is 22.5. The second-order valence-electron chi connectivity index (χ2n) is 10.1. The maximum absolute atomic E-state index is 13.0. The lowest BCUT2D eigenvalue weighted by Gasteiger charge is -2.28. The molecular weight excluding hydrogens is 468 g/mol. The van der Waals surface area contributed by atoms with Gasteiger partial charge in [-0.1, -0.05) is 19.8 Å². The van der Waals surface area contributed by atoms with Crippen molar-refractivity contribution in [2.24, 2.45) is 5.92 Å². The number of morpholine rings is 1. The number of hydrogen-bond donors (Lipinski definition) is 2. The van der Waals surface area contributed by atoms with Crippen LogP contribution in [0.3, 0.4) is 0 Å². The van der Waals surface area contributed by atoms with E-state index in [2.05, 4.69) is 37.3 Å². The predicted molar refractivity (Wildman–Crippen MR) is 145 cm³/mol. The van der Waals surface area contributed by atoms with Crippen LogP contribution < -0.4 is 20.4 Å². The van der Waals surface area contributed by atoms with Crippen molar-refractivity contribution < 1.29 is 14.3 Å². The van der Waals surface area contributed by atoms with Crippen LogP contribution in [0, 0.1) is 12.8 Å². The van der Waals surface area contributed by atoms with E-state index in [1.807, 2.05) is 44.2 Å². The molecule has 9 nitrogen and oxygen atoms in total. The van der Waals surface area contributed by atoms with Crippen LogP contribution in [0.1, 0.15) is 67.4 Å². The molecular formula is C28H40N6O3. The average molecular weight is 509 g/mol. The maximum Gasteiger partial charge on any atom is 0.251 e. The summed E-state index contributed by atoms with van der Waals surface area (Å²) in [4.78, 5) is 39.4. The van der Waals surface area contributed by atoms with E-state index in [0.717, 1.165) is 75.7 Å². The number of carbonyl (C=O) groups excluding carboxylic acids is 2. The van der Waals surface area contributed by atoms with Gasteiger partial charge in [0.25, 0.3) is 5.91 Å². The number of carbonyl (C=O) groups is 2. The van der Waals surface area contributed by atoms with Gasteiger partial charge in [-0.05, 0) is 56.9 Å². The second-order valence-corrected chi connectivity index (χ2v) is 10.1. The molecule has 2 aliphatic heterocycles. The standard InChI is InChI=1S/C28H40N6O3/c1-5-6-7-21-16-25(28(36)29-4)34(18-21)26-17-24(31-20(3)32-26)19(2)30-27(35)22-8-10-23(11-9-22)33-12-14-37-15-13-33/h8-11,17,19,21,25H,5-7,12-16,18H2,1-4H3,(H,29,36)(H,30,35)/t19-,21-,25-/m0/s1. The minimum absolute atomic E-state index is 0.0127. The van der Waals surface area contributed by atoms with Gasteiger partial charge in [0.2, 0.25) is 5.91 Å². The number of anilines is 2. The zero-order valence-electron chi connectivity index (χ0n) is 22.5. The van der Waals surface area contributed by atoms with Crippen LogP contribution in [-0.2, 0) is 9.53 Å². The first-order chi connectivity index (χ1) is 17.9. The molecule has 200 valence electrons. The summed E-state index contributed by atoms with van der Waals surface area (Å²) in [5, 5.41) is 5.89. The van der Waals surface area contributed by atoms with Crippen molar-refractivity contribution in [2.45, 2.75) is 58.5 Å².